The van der Waals surface area contributed by atoms with Crippen molar-refractivity contribution in [3.63, 3.8) is 0 Å². The van der Waals surface area contributed by atoms with Gasteiger partial charge in [-0.25, -0.2) is 4.98 Å². The Labute approximate surface area is 182 Å². The van der Waals surface area contributed by atoms with Crippen LogP contribution in [0.5, 0.6) is 0 Å². The van der Waals surface area contributed by atoms with E-state index < -0.39 is 0 Å². The molecule has 2 aromatic heterocycles. The van der Waals surface area contributed by atoms with Crippen LogP contribution in [0.4, 0.5) is 5.95 Å². The van der Waals surface area contributed by atoms with E-state index in [9.17, 15) is 4.79 Å². The third-order valence-corrected chi connectivity index (χ3v) is 7.43. The van der Waals surface area contributed by atoms with Crippen LogP contribution in [0.2, 0.25) is 0 Å². The molecule has 0 atom stereocenters. The van der Waals surface area contributed by atoms with E-state index in [1.54, 1.807) is 13.1 Å². The van der Waals surface area contributed by atoms with Gasteiger partial charge in [0.05, 0.1) is 6.10 Å². The molecule has 0 radical (unpaired) electrons. The number of fused-ring (bicyclic) bond motifs is 1. The number of piperidine rings is 1. The highest BCUT2D eigenvalue weighted by atomic mass is 32.2. The molecule has 164 valence electrons. The third kappa shape index (κ3) is 6.18. The average Bonchev–Trinajstić information content (AvgIpc) is 3.46. The summed E-state index contributed by atoms with van der Waals surface area (Å²) in [6, 6.07) is 2.23. The molecule has 3 N–H and O–H groups in total. The molecule has 0 unspecified atom stereocenters. The van der Waals surface area contributed by atoms with Crippen LogP contribution in [0, 0.1) is 12.8 Å². The van der Waals surface area contributed by atoms with Gasteiger partial charge in [-0.15, -0.1) is 0 Å². The second-order valence-corrected chi connectivity index (χ2v) is 9.91. The average molecular weight is 432 g/mol. The molecule has 3 fully saturated rings. The van der Waals surface area contributed by atoms with Gasteiger partial charge in [-0.05, 0) is 57.4 Å². The molecule has 2 aromatic rings. The maximum atomic E-state index is 11.7. The van der Waals surface area contributed by atoms with E-state index in [2.05, 4.69) is 24.6 Å². The zero-order valence-electron chi connectivity index (χ0n) is 17.8. The zero-order chi connectivity index (χ0) is 20.9. The van der Waals surface area contributed by atoms with Gasteiger partial charge in [0, 0.05) is 42.0 Å². The van der Waals surface area contributed by atoms with E-state index in [0.29, 0.717) is 23.2 Å². The van der Waals surface area contributed by atoms with Gasteiger partial charge in [-0.3, -0.25) is 9.10 Å². The van der Waals surface area contributed by atoms with Crippen molar-refractivity contribution in [1.29, 1.82) is 0 Å². The van der Waals surface area contributed by atoms with Gasteiger partial charge in [0.2, 0.25) is 5.95 Å². The summed E-state index contributed by atoms with van der Waals surface area (Å²) in [6.45, 7) is 4.01. The van der Waals surface area contributed by atoms with E-state index in [1.807, 2.05) is 18.0 Å². The van der Waals surface area contributed by atoms with E-state index in [1.165, 1.54) is 31.4 Å². The maximum absolute atomic E-state index is 11.7. The van der Waals surface area contributed by atoms with E-state index in [4.69, 9.17) is 5.11 Å². The second-order valence-electron chi connectivity index (χ2n) is 8.80. The zero-order valence-corrected chi connectivity index (χ0v) is 18.6. The van der Waals surface area contributed by atoms with Crippen molar-refractivity contribution in [3.05, 3.63) is 28.2 Å². The SMILES string of the molecule is Cc1cc2cnc(NC3CCN(SCC4CC4)CC3)nc2[nH]c1=O.OC1CCCC1. The predicted octanol–water partition coefficient (Wildman–Crippen LogP) is 3.48. The summed E-state index contributed by atoms with van der Waals surface area (Å²) in [6.07, 6.45) is 11.4. The number of aryl methyl sites for hydroxylation is 1. The minimum Gasteiger partial charge on any atom is -0.393 e. The van der Waals surface area contributed by atoms with Crippen LogP contribution in [0.15, 0.2) is 17.1 Å². The van der Waals surface area contributed by atoms with Gasteiger partial charge in [0.15, 0.2) is 0 Å². The Morgan fingerprint density at radius 3 is 2.57 bits per heavy atom. The van der Waals surface area contributed by atoms with Crippen LogP contribution < -0.4 is 10.9 Å². The number of hydrogen-bond donors (Lipinski definition) is 3. The Hall–Kier alpha value is -1.64. The lowest BCUT2D eigenvalue weighted by Gasteiger charge is -2.31. The van der Waals surface area contributed by atoms with E-state index in [0.717, 1.165) is 50.1 Å². The van der Waals surface area contributed by atoms with Crippen LogP contribution in [-0.4, -0.2) is 55.4 Å². The number of rotatable bonds is 5. The normalized spacial score (nSPS) is 20.9. The molecule has 3 aliphatic rings. The number of hydrogen-bond acceptors (Lipinski definition) is 7. The number of anilines is 1. The molecular formula is C22H33N5O2S. The highest BCUT2D eigenvalue weighted by molar-refractivity contribution is 7.97. The molecule has 2 saturated carbocycles. The van der Waals surface area contributed by atoms with Gasteiger partial charge < -0.3 is 15.4 Å². The number of nitrogens with zero attached hydrogens (tertiary/aromatic N) is 3. The molecule has 0 amide bonds. The number of aromatic nitrogens is 3. The summed E-state index contributed by atoms with van der Waals surface area (Å²) in [5, 5.41) is 13.0. The van der Waals surface area contributed by atoms with Crippen molar-refractivity contribution in [3.8, 4) is 0 Å². The van der Waals surface area contributed by atoms with Gasteiger partial charge in [-0.1, -0.05) is 24.8 Å². The smallest absolute Gasteiger partial charge is 0.252 e. The molecule has 8 heteroatoms. The summed E-state index contributed by atoms with van der Waals surface area (Å²) in [5.41, 5.74) is 1.19. The lowest BCUT2D eigenvalue weighted by Crippen LogP contribution is -2.36. The van der Waals surface area contributed by atoms with E-state index >= 15 is 0 Å². The lowest BCUT2D eigenvalue weighted by molar-refractivity contribution is 0.183. The van der Waals surface area contributed by atoms with Crippen LogP contribution in [0.3, 0.4) is 0 Å². The fourth-order valence-corrected chi connectivity index (χ4v) is 5.11. The molecule has 0 bridgehead atoms. The summed E-state index contributed by atoms with van der Waals surface area (Å²) in [4.78, 5) is 23.4. The fourth-order valence-electron chi connectivity index (χ4n) is 3.88. The summed E-state index contributed by atoms with van der Waals surface area (Å²) >= 11 is 2.02. The molecule has 0 spiro atoms. The first-order valence-corrected chi connectivity index (χ1v) is 12.2. The molecule has 1 saturated heterocycles. The van der Waals surface area contributed by atoms with Crippen molar-refractivity contribution in [2.75, 3.05) is 24.2 Å². The molecule has 3 heterocycles. The molecule has 0 aromatic carbocycles. The molecule has 2 aliphatic carbocycles. The maximum Gasteiger partial charge on any atom is 0.252 e. The minimum absolute atomic E-state index is 0.0463. The van der Waals surface area contributed by atoms with Crippen LogP contribution >= 0.6 is 11.9 Å². The van der Waals surface area contributed by atoms with Crippen LogP contribution in [-0.2, 0) is 0 Å². The lowest BCUT2D eigenvalue weighted by atomic mass is 10.1. The monoisotopic (exact) mass is 431 g/mol. The van der Waals surface area contributed by atoms with Gasteiger partial charge in [-0.2, -0.15) is 4.98 Å². The first-order chi connectivity index (χ1) is 14.6. The first kappa shape index (κ1) is 21.6. The minimum atomic E-state index is -0.0897. The summed E-state index contributed by atoms with van der Waals surface area (Å²) in [5.74, 6) is 2.87. The molecule has 30 heavy (non-hydrogen) atoms. The fraction of sp³-hybridized carbons (Fsp3) is 0.682. The number of H-pyrrole nitrogens is 1. The van der Waals surface area contributed by atoms with Gasteiger partial charge in [0.1, 0.15) is 5.65 Å². The molecular weight excluding hydrogens is 398 g/mol. The standard InChI is InChI=1S/C17H23N5OS.C5H10O/c1-11-8-13-9-18-17(21-15(13)20-16(11)23)19-14-4-6-22(7-5-14)24-10-12-2-3-12;6-5-3-1-2-4-5/h8-9,12,14H,2-7,10H2,1H3,(H2,18,19,20,21,23);5-6H,1-4H2. The predicted molar refractivity (Wildman–Crippen MR) is 123 cm³/mol. The number of aliphatic hydroxyl groups excluding tert-OH is 1. The largest absolute Gasteiger partial charge is 0.393 e. The highest BCUT2D eigenvalue weighted by Gasteiger charge is 2.25. The Kier molecular flexibility index (Phi) is 7.28. The number of pyridine rings is 1. The summed E-state index contributed by atoms with van der Waals surface area (Å²) in [7, 11) is 0. The Morgan fingerprint density at radius 1 is 1.20 bits per heavy atom. The van der Waals surface area contributed by atoms with Crippen molar-refractivity contribution < 1.29 is 5.11 Å². The van der Waals surface area contributed by atoms with Crippen molar-refractivity contribution in [2.45, 2.75) is 70.4 Å². The third-order valence-electron chi connectivity index (χ3n) is 6.08. The number of aliphatic hydroxyl groups is 1. The molecule has 5 rings (SSSR count). The summed E-state index contributed by atoms with van der Waals surface area (Å²) < 4.78 is 2.50. The van der Waals surface area contributed by atoms with E-state index in [-0.39, 0.29) is 11.7 Å². The van der Waals surface area contributed by atoms with Crippen LogP contribution in [0.1, 0.15) is 56.9 Å². The Morgan fingerprint density at radius 2 is 1.93 bits per heavy atom. The highest BCUT2D eigenvalue weighted by Crippen LogP contribution is 2.34. The van der Waals surface area contributed by atoms with Crippen molar-refractivity contribution >= 4 is 28.9 Å². The number of aromatic amines is 1. The van der Waals surface area contributed by atoms with Gasteiger partial charge >= 0.3 is 0 Å². The van der Waals surface area contributed by atoms with Crippen molar-refractivity contribution in [2.24, 2.45) is 5.92 Å². The topological polar surface area (TPSA) is 94.1 Å². The van der Waals surface area contributed by atoms with Crippen LogP contribution in [0.25, 0.3) is 11.0 Å². The first-order valence-electron chi connectivity index (χ1n) is 11.3. The number of nitrogens with one attached hydrogen (secondary N) is 2. The molecule has 7 nitrogen and oxygen atoms in total. The quantitative estimate of drug-likeness (QED) is 0.624. The van der Waals surface area contributed by atoms with Gasteiger partial charge in [0.25, 0.3) is 5.56 Å². The Balaban J connectivity index is 0.000000313. The molecule has 1 aliphatic heterocycles. The van der Waals surface area contributed by atoms with Crippen molar-refractivity contribution in [1.82, 2.24) is 19.3 Å². The Bertz CT molecular complexity index is 887. The second kappa shape index (κ2) is 10.1.